The highest BCUT2D eigenvalue weighted by atomic mass is 32.2. The summed E-state index contributed by atoms with van der Waals surface area (Å²) in [6.45, 7) is 1.42. The lowest BCUT2D eigenvalue weighted by Crippen LogP contribution is -2.11. The number of carbonyl (C=O) groups is 2. The van der Waals surface area contributed by atoms with Crippen molar-refractivity contribution in [1.82, 2.24) is 0 Å². The summed E-state index contributed by atoms with van der Waals surface area (Å²) in [4.78, 5) is 21.8. The van der Waals surface area contributed by atoms with Crippen molar-refractivity contribution in [3.63, 3.8) is 0 Å². The van der Waals surface area contributed by atoms with Gasteiger partial charge in [-0.3, -0.25) is 4.79 Å². The number of carboxylic acid groups (broad SMARTS) is 1. The van der Waals surface area contributed by atoms with Crippen LogP contribution >= 0.6 is 11.8 Å². The van der Waals surface area contributed by atoms with Crippen LogP contribution in [-0.2, 0) is 9.59 Å². The average molecular weight is 198 g/mol. The number of allylic oxidation sites excluding steroid dienone is 2. The molecule has 0 aliphatic carbocycles. The Kier molecular flexibility index (Phi) is 3.31. The van der Waals surface area contributed by atoms with E-state index in [-0.39, 0.29) is 17.3 Å². The average Bonchev–Trinajstić information content (AvgIpc) is 2.55. The van der Waals surface area contributed by atoms with Crippen molar-refractivity contribution in [1.29, 1.82) is 0 Å². The quantitative estimate of drug-likeness (QED) is 0.697. The fourth-order valence-corrected chi connectivity index (χ4v) is 1.82. The van der Waals surface area contributed by atoms with Crippen LogP contribution in [0.5, 0.6) is 0 Å². The molecule has 0 aromatic heterocycles. The zero-order valence-electron chi connectivity index (χ0n) is 7.19. The van der Waals surface area contributed by atoms with Crippen LogP contribution in [0.1, 0.15) is 6.92 Å². The van der Waals surface area contributed by atoms with E-state index in [0.717, 1.165) is 5.75 Å². The zero-order chi connectivity index (χ0) is 9.84. The van der Waals surface area contributed by atoms with Crippen LogP contribution in [-0.4, -0.2) is 22.6 Å². The molecule has 0 amide bonds. The molecule has 70 valence electrons. The van der Waals surface area contributed by atoms with E-state index >= 15 is 0 Å². The van der Waals surface area contributed by atoms with Gasteiger partial charge in [0.2, 0.25) is 0 Å². The SMILES string of the molecule is C/C(=C\C(=O)C1C=CSC1)C(=O)O. The summed E-state index contributed by atoms with van der Waals surface area (Å²) < 4.78 is 0. The minimum absolute atomic E-state index is 0.0929. The van der Waals surface area contributed by atoms with E-state index < -0.39 is 5.97 Å². The molecule has 13 heavy (non-hydrogen) atoms. The van der Waals surface area contributed by atoms with Crippen LogP contribution < -0.4 is 0 Å². The molecule has 1 atom stereocenters. The van der Waals surface area contributed by atoms with Crippen LogP contribution in [0.3, 0.4) is 0 Å². The largest absolute Gasteiger partial charge is 0.478 e. The predicted molar refractivity (Wildman–Crippen MR) is 51.5 cm³/mol. The van der Waals surface area contributed by atoms with Crippen LogP contribution in [0.4, 0.5) is 0 Å². The summed E-state index contributed by atoms with van der Waals surface area (Å²) in [6.07, 6.45) is 3.00. The highest BCUT2D eigenvalue weighted by molar-refractivity contribution is 8.02. The lowest BCUT2D eigenvalue weighted by Gasteiger charge is -2.00. The number of carboxylic acids is 1. The van der Waals surface area contributed by atoms with Crippen LogP contribution in [0, 0.1) is 5.92 Å². The van der Waals surface area contributed by atoms with Gasteiger partial charge in [0.1, 0.15) is 0 Å². The molecule has 1 aliphatic rings. The number of aliphatic carboxylic acids is 1. The van der Waals surface area contributed by atoms with E-state index in [1.807, 2.05) is 5.41 Å². The highest BCUT2D eigenvalue weighted by Gasteiger charge is 2.17. The van der Waals surface area contributed by atoms with Gasteiger partial charge in [0, 0.05) is 17.2 Å². The highest BCUT2D eigenvalue weighted by Crippen LogP contribution is 2.21. The van der Waals surface area contributed by atoms with Crippen molar-refractivity contribution in [3.05, 3.63) is 23.1 Å². The Labute approximate surface area is 80.5 Å². The third-order valence-corrected chi connectivity index (χ3v) is 2.65. The molecule has 0 saturated heterocycles. The first-order valence-corrected chi connectivity index (χ1v) is 4.90. The summed E-state index contributed by atoms with van der Waals surface area (Å²) >= 11 is 1.57. The molecule has 0 spiro atoms. The third kappa shape index (κ3) is 2.73. The Balaban J connectivity index is 2.63. The van der Waals surface area contributed by atoms with E-state index in [0.29, 0.717) is 0 Å². The van der Waals surface area contributed by atoms with E-state index in [9.17, 15) is 9.59 Å². The van der Waals surface area contributed by atoms with Crippen molar-refractivity contribution < 1.29 is 14.7 Å². The van der Waals surface area contributed by atoms with E-state index in [1.54, 1.807) is 17.8 Å². The van der Waals surface area contributed by atoms with Crippen molar-refractivity contribution in [3.8, 4) is 0 Å². The normalized spacial score (nSPS) is 21.9. The molecule has 1 unspecified atom stereocenters. The fourth-order valence-electron chi connectivity index (χ4n) is 0.924. The van der Waals surface area contributed by atoms with Crippen LogP contribution in [0.15, 0.2) is 23.1 Å². The van der Waals surface area contributed by atoms with Crippen molar-refractivity contribution in [2.45, 2.75) is 6.92 Å². The smallest absolute Gasteiger partial charge is 0.331 e. The molecule has 1 heterocycles. The lowest BCUT2D eigenvalue weighted by atomic mass is 10.0. The van der Waals surface area contributed by atoms with Crippen molar-refractivity contribution >= 4 is 23.5 Å². The Hall–Kier alpha value is -1.03. The summed E-state index contributed by atoms with van der Waals surface area (Å²) in [5.41, 5.74) is 0.0929. The van der Waals surface area contributed by atoms with Gasteiger partial charge in [-0.1, -0.05) is 6.08 Å². The van der Waals surface area contributed by atoms with Gasteiger partial charge in [0.25, 0.3) is 0 Å². The minimum Gasteiger partial charge on any atom is -0.478 e. The maximum atomic E-state index is 11.4. The predicted octanol–water partition coefficient (Wildman–Crippen LogP) is 1.46. The molecule has 0 radical (unpaired) electrons. The molecule has 0 saturated carbocycles. The molecule has 0 bridgehead atoms. The lowest BCUT2D eigenvalue weighted by molar-refractivity contribution is -0.133. The first kappa shape index (κ1) is 10.1. The zero-order valence-corrected chi connectivity index (χ0v) is 8.00. The molecule has 1 N–H and O–H groups in total. The van der Waals surface area contributed by atoms with Crippen molar-refractivity contribution in [2.75, 3.05) is 5.75 Å². The van der Waals surface area contributed by atoms with Gasteiger partial charge < -0.3 is 5.11 Å². The molecular formula is C9H10O3S. The van der Waals surface area contributed by atoms with Crippen molar-refractivity contribution in [2.24, 2.45) is 5.92 Å². The number of ketones is 1. The number of rotatable bonds is 3. The molecule has 0 fully saturated rings. The van der Waals surface area contributed by atoms with Gasteiger partial charge in [0.15, 0.2) is 5.78 Å². The summed E-state index contributed by atoms with van der Waals surface area (Å²) in [5, 5.41) is 10.4. The van der Waals surface area contributed by atoms with Gasteiger partial charge in [-0.2, -0.15) is 0 Å². The third-order valence-electron chi connectivity index (χ3n) is 1.74. The van der Waals surface area contributed by atoms with Crippen LogP contribution in [0.25, 0.3) is 0 Å². The maximum Gasteiger partial charge on any atom is 0.331 e. The Morgan fingerprint density at radius 3 is 2.77 bits per heavy atom. The van der Waals surface area contributed by atoms with E-state index in [1.165, 1.54) is 13.0 Å². The molecule has 4 heteroatoms. The fraction of sp³-hybridized carbons (Fsp3) is 0.333. The maximum absolute atomic E-state index is 11.4. The topological polar surface area (TPSA) is 54.4 Å². The van der Waals surface area contributed by atoms with E-state index in [4.69, 9.17) is 5.11 Å². The molecule has 3 nitrogen and oxygen atoms in total. The summed E-state index contributed by atoms with van der Waals surface area (Å²) in [6, 6.07) is 0. The Bertz CT molecular complexity index is 291. The number of hydrogen-bond donors (Lipinski definition) is 1. The van der Waals surface area contributed by atoms with Gasteiger partial charge >= 0.3 is 5.97 Å². The first-order chi connectivity index (χ1) is 6.11. The Morgan fingerprint density at radius 2 is 2.31 bits per heavy atom. The summed E-state index contributed by atoms with van der Waals surface area (Å²) in [5.74, 6) is -0.578. The minimum atomic E-state index is -1.04. The first-order valence-electron chi connectivity index (χ1n) is 3.85. The second-order valence-corrected chi connectivity index (χ2v) is 3.74. The second-order valence-electron chi connectivity index (χ2n) is 2.80. The number of hydrogen-bond acceptors (Lipinski definition) is 3. The Morgan fingerprint density at radius 1 is 1.62 bits per heavy atom. The van der Waals surface area contributed by atoms with Crippen LogP contribution in [0.2, 0.25) is 0 Å². The molecule has 1 rings (SSSR count). The number of carbonyl (C=O) groups excluding carboxylic acids is 1. The molecule has 0 aromatic carbocycles. The van der Waals surface area contributed by atoms with Gasteiger partial charge in [-0.25, -0.2) is 4.79 Å². The molecule has 1 aliphatic heterocycles. The second kappa shape index (κ2) is 4.28. The number of thioether (sulfide) groups is 1. The van der Waals surface area contributed by atoms with Gasteiger partial charge in [-0.15, -0.1) is 11.8 Å². The van der Waals surface area contributed by atoms with E-state index in [2.05, 4.69) is 0 Å². The molecule has 0 aromatic rings. The summed E-state index contributed by atoms with van der Waals surface area (Å²) in [7, 11) is 0. The van der Waals surface area contributed by atoms with Gasteiger partial charge in [0.05, 0.1) is 0 Å². The monoisotopic (exact) mass is 198 g/mol. The standard InChI is InChI=1S/C9H10O3S/c1-6(9(11)12)4-8(10)7-2-3-13-5-7/h2-4,7H,5H2,1H3,(H,11,12)/b6-4+. The molecular weight excluding hydrogens is 188 g/mol. The van der Waals surface area contributed by atoms with Gasteiger partial charge in [-0.05, 0) is 18.4 Å².